The van der Waals surface area contributed by atoms with E-state index in [0.717, 1.165) is 10.9 Å². The molecule has 88 valence electrons. The minimum absolute atomic E-state index is 0.280. The van der Waals surface area contributed by atoms with Crippen LogP contribution in [0.15, 0.2) is 23.8 Å². The Labute approximate surface area is 104 Å². The van der Waals surface area contributed by atoms with Crippen molar-refractivity contribution >= 4 is 22.0 Å². The molecule has 1 rings (SSSR count). The molecule has 0 aliphatic heterocycles. The third-order valence-corrected chi connectivity index (χ3v) is 3.07. The van der Waals surface area contributed by atoms with Crippen LogP contribution in [-0.4, -0.2) is 12.4 Å². The quantitative estimate of drug-likeness (QED) is 0.751. The summed E-state index contributed by atoms with van der Waals surface area (Å²) in [5.74, 6) is 0.403. The van der Waals surface area contributed by atoms with E-state index >= 15 is 0 Å². The average Bonchev–Trinajstić information content (AvgIpc) is 2.25. The van der Waals surface area contributed by atoms with Crippen LogP contribution in [0.5, 0.6) is 5.75 Å². The summed E-state index contributed by atoms with van der Waals surface area (Å²) in [5, 5.41) is 0.804. The zero-order valence-corrected chi connectivity index (χ0v) is 11.3. The fourth-order valence-corrected chi connectivity index (χ4v) is 2.16. The Balaban J connectivity index is 3.01. The summed E-state index contributed by atoms with van der Waals surface area (Å²) in [6, 6.07) is 4.99. The molecule has 3 heteroatoms. The first-order valence-electron chi connectivity index (χ1n) is 5.18. The van der Waals surface area contributed by atoms with Crippen LogP contribution in [0.25, 0.3) is 6.08 Å². The van der Waals surface area contributed by atoms with Gasteiger partial charge >= 0.3 is 0 Å². The van der Waals surface area contributed by atoms with Crippen LogP contribution >= 0.6 is 15.9 Å². The van der Waals surface area contributed by atoms with Crippen molar-refractivity contribution in [3.8, 4) is 5.75 Å². The molecule has 0 bridgehead atoms. The number of methoxy groups -OCH3 is 1. The molecule has 0 amide bonds. The Hall–Kier alpha value is -0.830. The first-order valence-corrected chi connectivity index (χ1v) is 6.30. The Morgan fingerprint density at radius 3 is 2.62 bits per heavy atom. The molecule has 0 spiro atoms. The molecular formula is C13H16BrFO. The van der Waals surface area contributed by atoms with E-state index in [1.54, 1.807) is 6.07 Å². The molecule has 1 aromatic carbocycles. The van der Waals surface area contributed by atoms with E-state index in [1.807, 2.05) is 12.1 Å². The van der Waals surface area contributed by atoms with E-state index < -0.39 is 0 Å². The second-order valence-corrected chi connectivity index (χ2v) is 4.46. The first-order chi connectivity index (χ1) is 7.58. The van der Waals surface area contributed by atoms with Crippen LogP contribution in [0.2, 0.25) is 0 Å². The topological polar surface area (TPSA) is 9.23 Å². The van der Waals surface area contributed by atoms with Gasteiger partial charge in [-0.3, -0.25) is 0 Å². The highest BCUT2D eigenvalue weighted by Gasteiger charge is 2.05. The summed E-state index contributed by atoms with van der Waals surface area (Å²) in [5.41, 5.74) is 2.10. The molecular weight excluding hydrogens is 271 g/mol. The molecule has 0 saturated heterocycles. The van der Waals surface area contributed by atoms with Crippen LogP contribution in [0.4, 0.5) is 4.39 Å². The van der Waals surface area contributed by atoms with Crippen LogP contribution in [0.3, 0.4) is 0 Å². The largest absolute Gasteiger partial charge is 0.494 e. The number of alkyl halides is 1. The molecule has 0 aliphatic rings. The molecule has 0 heterocycles. The zero-order valence-electron chi connectivity index (χ0n) is 9.76. The van der Waals surface area contributed by atoms with Crippen molar-refractivity contribution < 1.29 is 9.13 Å². The summed E-state index contributed by atoms with van der Waals surface area (Å²) < 4.78 is 18.3. The summed E-state index contributed by atoms with van der Waals surface area (Å²) in [6.45, 7) is 4.24. The molecule has 16 heavy (non-hydrogen) atoms. The standard InChI is InChI=1S/C13H16BrFO/c1-9(2)11(8-14)6-10-4-5-13(16-3)12(15)7-10/h4-7,9H,8H2,1-3H3. The number of hydrogen-bond acceptors (Lipinski definition) is 1. The van der Waals surface area contributed by atoms with Crippen molar-refractivity contribution in [2.24, 2.45) is 5.92 Å². The fourth-order valence-electron chi connectivity index (χ4n) is 1.35. The number of benzene rings is 1. The molecule has 0 N–H and O–H groups in total. The highest BCUT2D eigenvalue weighted by molar-refractivity contribution is 9.09. The summed E-state index contributed by atoms with van der Waals surface area (Å²) in [6.07, 6.45) is 2.00. The van der Waals surface area contributed by atoms with E-state index in [2.05, 4.69) is 29.8 Å². The Kier molecular flexibility index (Phi) is 5.00. The Bertz CT molecular complexity index is 386. The lowest BCUT2D eigenvalue weighted by Gasteiger charge is -2.08. The van der Waals surface area contributed by atoms with Crippen LogP contribution < -0.4 is 4.74 Å². The maximum absolute atomic E-state index is 13.4. The van der Waals surface area contributed by atoms with Gasteiger partial charge in [0.25, 0.3) is 0 Å². The van der Waals surface area contributed by atoms with Gasteiger partial charge in [-0.25, -0.2) is 4.39 Å². The van der Waals surface area contributed by atoms with Gasteiger partial charge in [0, 0.05) is 5.33 Å². The summed E-state index contributed by atoms with van der Waals surface area (Å²) in [7, 11) is 1.46. The predicted molar refractivity (Wildman–Crippen MR) is 69.6 cm³/mol. The number of hydrogen-bond donors (Lipinski definition) is 0. The van der Waals surface area contributed by atoms with Crippen molar-refractivity contribution in [3.63, 3.8) is 0 Å². The molecule has 1 nitrogen and oxygen atoms in total. The fraction of sp³-hybridized carbons (Fsp3) is 0.385. The third kappa shape index (κ3) is 3.34. The van der Waals surface area contributed by atoms with Gasteiger partial charge in [0.1, 0.15) is 0 Å². The summed E-state index contributed by atoms with van der Waals surface area (Å²) in [4.78, 5) is 0. The van der Waals surface area contributed by atoms with Gasteiger partial charge in [0.2, 0.25) is 0 Å². The van der Waals surface area contributed by atoms with Gasteiger partial charge in [0.05, 0.1) is 7.11 Å². The maximum Gasteiger partial charge on any atom is 0.165 e. The third-order valence-electron chi connectivity index (χ3n) is 2.42. The van der Waals surface area contributed by atoms with E-state index in [0.29, 0.717) is 5.92 Å². The lowest BCUT2D eigenvalue weighted by molar-refractivity contribution is 0.386. The molecule has 0 aromatic heterocycles. The molecule has 0 saturated carbocycles. The lowest BCUT2D eigenvalue weighted by Crippen LogP contribution is -1.95. The highest BCUT2D eigenvalue weighted by Crippen LogP contribution is 2.21. The van der Waals surface area contributed by atoms with Crippen molar-refractivity contribution in [1.29, 1.82) is 0 Å². The second-order valence-electron chi connectivity index (χ2n) is 3.90. The molecule has 0 fully saturated rings. The van der Waals surface area contributed by atoms with E-state index in [9.17, 15) is 4.39 Å². The van der Waals surface area contributed by atoms with Gasteiger partial charge in [-0.2, -0.15) is 0 Å². The van der Waals surface area contributed by atoms with E-state index in [1.165, 1.54) is 18.7 Å². The van der Waals surface area contributed by atoms with Crippen molar-refractivity contribution in [3.05, 3.63) is 35.2 Å². The normalized spacial score (nSPS) is 12.0. The molecule has 0 radical (unpaired) electrons. The smallest absolute Gasteiger partial charge is 0.165 e. The van der Waals surface area contributed by atoms with Crippen LogP contribution in [0, 0.1) is 11.7 Å². The number of allylic oxidation sites excluding steroid dienone is 1. The van der Waals surface area contributed by atoms with E-state index in [-0.39, 0.29) is 11.6 Å². The van der Waals surface area contributed by atoms with Gasteiger partial charge in [0.15, 0.2) is 11.6 Å². The minimum Gasteiger partial charge on any atom is -0.494 e. The monoisotopic (exact) mass is 286 g/mol. The predicted octanol–water partition coefficient (Wildman–Crippen LogP) is 4.27. The lowest BCUT2D eigenvalue weighted by atomic mass is 10.0. The molecule has 0 aliphatic carbocycles. The molecule has 0 unspecified atom stereocenters. The molecule has 1 aromatic rings. The number of halogens is 2. The van der Waals surface area contributed by atoms with Gasteiger partial charge < -0.3 is 4.74 Å². The maximum atomic E-state index is 13.4. The van der Waals surface area contributed by atoms with Crippen molar-refractivity contribution in [2.45, 2.75) is 13.8 Å². The van der Waals surface area contributed by atoms with Crippen molar-refractivity contribution in [1.82, 2.24) is 0 Å². The molecule has 0 atom stereocenters. The van der Waals surface area contributed by atoms with Crippen molar-refractivity contribution in [2.75, 3.05) is 12.4 Å². The first kappa shape index (κ1) is 13.2. The number of ether oxygens (including phenoxy) is 1. The second kappa shape index (κ2) is 6.04. The highest BCUT2D eigenvalue weighted by atomic mass is 79.9. The van der Waals surface area contributed by atoms with E-state index in [4.69, 9.17) is 4.74 Å². The number of rotatable bonds is 4. The Morgan fingerprint density at radius 1 is 1.50 bits per heavy atom. The minimum atomic E-state index is -0.325. The Morgan fingerprint density at radius 2 is 2.19 bits per heavy atom. The SMILES string of the molecule is COc1ccc(C=C(CBr)C(C)C)cc1F. The average molecular weight is 287 g/mol. The van der Waals surface area contributed by atoms with Gasteiger partial charge in [-0.1, -0.05) is 47.5 Å². The van der Waals surface area contributed by atoms with Crippen LogP contribution in [0.1, 0.15) is 19.4 Å². The van der Waals surface area contributed by atoms with Gasteiger partial charge in [-0.05, 0) is 23.6 Å². The van der Waals surface area contributed by atoms with Gasteiger partial charge in [-0.15, -0.1) is 0 Å². The van der Waals surface area contributed by atoms with Crippen LogP contribution in [-0.2, 0) is 0 Å². The summed E-state index contributed by atoms with van der Waals surface area (Å²) >= 11 is 3.43. The zero-order chi connectivity index (χ0) is 12.1.